The number of aromatic nitrogens is 1. The van der Waals surface area contributed by atoms with Gasteiger partial charge in [0.25, 0.3) is 0 Å². The molecule has 0 spiro atoms. The zero-order valence-corrected chi connectivity index (χ0v) is 12.7. The Morgan fingerprint density at radius 3 is 2.79 bits per heavy atom. The summed E-state index contributed by atoms with van der Waals surface area (Å²) in [6, 6.07) is 0.501. The van der Waals surface area contributed by atoms with Gasteiger partial charge in [0, 0.05) is 13.1 Å². The van der Waals surface area contributed by atoms with E-state index < -0.39 is 5.97 Å². The molecule has 5 heteroatoms. The molecule has 1 heterocycles. The van der Waals surface area contributed by atoms with Crippen molar-refractivity contribution in [3.8, 4) is 0 Å². The van der Waals surface area contributed by atoms with Crippen LogP contribution in [0.25, 0.3) is 0 Å². The van der Waals surface area contributed by atoms with Gasteiger partial charge < -0.3 is 10.0 Å². The minimum atomic E-state index is -0.856. The average molecular weight is 282 g/mol. The minimum absolute atomic E-state index is 0.396. The molecule has 4 nitrogen and oxygen atoms in total. The van der Waals surface area contributed by atoms with Gasteiger partial charge in [-0.25, -0.2) is 9.78 Å². The van der Waals surface area contributed by atoms with Crippen LogP contribution in [0.1, 0.15) is 54.9 Å². The molecule has 1 saturated carbocycles. The molecule has 2 rings (SSSR count). The third kappa shape index (κ3) is 3.08. The van der Waals surface area contributed by atoms with E-state index in [1.165, 1.54) is 37.0 Å². The number of aryl methyl sites for hydroxylation is 1. The average Bonchev–Trinajstić information content (AvgIpc) is 2.82. The van der Waals surface area contributed by atoms with E-state index in [1.54, 1.807) is 0 Å². The summed E-state index contributed by atoms with van der Waals surface area (Å²) in [5, 5.41) is 10.1. The summed E-state index contributed by atoms with van der Waals surface area (Å²) < 4.78 is 0. The summed E-state index contributed by atoms with van der Waals surface area (Å²) in [6.45, 7) is 4.25. The van der Waals surface area contributed by atoms with Gasteiger partial charge in [0.05, 0.1) is 5.69 Å². The Bertz CT molecular complexity index is 458. The number of thiazole rings is 1. The SMILES string of the molecule is CCc1nc(N(C)C2CCCC(C)C2)sc1C(=O)O. The number of carboxylic acid groups (broad SMARTS) is 1. The Hall–Kier alpha value is -1.10. The molecule has 1 N–H and O–H groups in total. The van der Waals surface area contributed by atoms with Gasteiger partial charge in [0.2, 0.25) is 0 Å². The van der Waals surface area contributed by atoms with E-state index in [9.17, 15) is 9.90 Å². The Labute approximate surface area is 118 Å². The highest BCUT2D eigenvalue weighted by Crippen LogP contribution is 2.33. The second-order valence-corrected chi connectivity index (χ2v) is 6.44. The van der Waals surface area contributed by atoms with Crippen molar-refractivity contribution in [2.24, 2.45) is 5.92 Å². The van der Waals surface area contributed by atoms with Gasteiger partial charge in [-0.15, -0.1) is 0 Å². The molecule has 2 unspecified atom stereocenters. The molecule has 0 radical (unpaired) electrons. The summed E-state index contributed by atoms with van der Waals surface area (Å²) in [4.78, 5) is 18.3. The number of aromatic carboxylic acids is 1. The lowest BCUT2D eigenvalue weighted by Gasteiger charge is -2.33. The van der Waals surface area contributed by atoms with E-state index in [-0.39, 0.29) is 0 Å². The minimum Gasteiger partial charge on any atom is -0.477 e. The highest BCUT2D eigenvalue weighted by atomic mass is 32.1. The van der Waals surface area contributed by atoms with Crippen LogP contribution in [0.4, 0.5) is 5.13 Å². The molecule has 1 fully saturated rings. The fourth-order valence-electron chi connectivity index (χ4n) is 2.81. The molecule has 1 aromatic rings. The van der Waals surface area contributed by atoms with Crippen LogP contribution in [0.2, 0.25) is 0 Å². The molecule has 0 amide bonds. The van der Waals surface area contributed by atoms with Crippen LogP contribution in [-0.4, -0.2) is 29.1 Å². The van der Waals surface area contributed by atoms with Gasteiger partial charge in [0.1, 0.15) is 4.88 Å². The van der Waals surface area contributed by atoms with Crippen molar-refractivity contribution in [2.75, 3.05) is 11.9 Å². The second-order valence-electron chi connectivity index (χ2n) is 5.47. The van der Waals surface area contributed by atoms with Gasteiger partial charge >= 0.3 is 5.97 Å². The maximum atomic E-state index is 11.2. The molecule has 106 valence electrons. The highest BCUT2D eigenvalue weighted by molar-refractivity contribution is 7.17. The molecule has 0 bridgehead atoms. The van der Waals surface area contributed by atoms with Crippen LogP contribution in [0.15, 0.2) is 0 Å². The van der Waals surface area contributed by atoms with Gasteiger partial charge in [-0.2, -0.15) is 0 Å². The van der Waals surface area contributed by atoms with Crippen LogP contribution < -0.4 is 4.90 Å². The Balaban J connectivity index is 2.18. The quantitative estimate of drug-likeness (QED) is 0.919. The topological polar surface area (TPSA) is 53.4 Å². The number of hydrogen-bond acceptors (Lipinski definition) is 4. The van der Waals surface area contributed by atoms with Crippen LogP contribution >= 0.6 is 11.3 Å². The molecule has 2 atom stereocenters. The fraction of sp³-hybridized carbons (Fsp3) is 0.714. The molecule has 0 aliphatic heterocycles. The number of carboxylic acids is 1. The van der Waals surface area contributed by atoms with Crippen molar-refractivity contribution in [2.45, 2.75) is 52.0 Å². The Morgan fingerprint density at radius 1 is 1.53 bits per heavy atom. The van der Waals surface area contributed by atoms with Crippen molar-refractivity contribution in [3.05, 3.63) is 10.6 Å². The van der Waals surface area contributed by atoms with E-state index in [1.807, 2.05) is 14.0 Å². The van der Waals surface area contributed by atoms with E-state index >= 15 is 0 Å². The number of anilines is 1. The third-order valence-electron chi connectivity index (χ3n) is 3.97. The largest absolute Gasteiger partial charge is 0.477 e. The third-order valence-corrected chi connectivity index (χ3v) is 5.15. The van der Waals surface area contributed by atoms with E-state index in [0.29, 0.717) is 23.0 Å². The van der Waals surface area contributed by atoms with Gasteiger partial charge in [-0.3, -0.25) is 0 Å². The first-order valence-corrected chi connectivity index (χ1v) is 7.80. The monoisotopic (exact) mass is 282 g/mol. The normalized spacial score (nSPS) is 23.3. The second kappa shape index (κ2) is 5.90. The van der Waals surface area contributed by atoms with Gasteiger partial charge in [0.15, 0.2) is 5.13 Å². The summed E-state index contributed by atoms with van der Waals surface area (Å²) in [5.74, 6) is -0.100. The molecule has 0 aromatic carbocycles. The predicted molar refractivity (Wildman–Crippen MR) is 78.3 cm³/mol. The summed E-state index contributed by atoms with van der Waals surface area (Å²) in [5.41, 5.74) is 0.711. The lowest BCUT2D eigenvalue weighted by atomic mass is 9.86. The molecular formula is C14H22N2O2S. The van der Waals surface area contributed by atoms with Crippen LogP contribution in [0, 0.1) is 5.92 Å². The summed E-state index contributed by atoms with van der Waals surface area (Å²) in [7, 11) is 2.05. The predicted octanol–water partition coefficient (Wildman–Crippen LogP) is 3.42. The smallest absolute Gasteiger partial charge is 0.347 e. The van der Waals surface area contributed by atoms with Crippen molar-refractivity contribution in [1.29, 1.82) is 0 Å². The van der Waals surface area contributed by atoms with Crippen molar-refractivity contribution in [1.82, 2.24) is 4.98 Å². The fourth-order valence-corrected chi connectivity index (χ4v) is 3.83. The van der Waals surface area contributed by atoms with Crippen LogP contribution in [-0.2, 0) is 6.42 Å². The number of carbonyl (C=O) groups is 1. The van der Waals surface area contributed by atoms with Crippen molar-refractivity contribution < 1.29 is 9.90 Å². The van der Waals surface area contributed by atoms with Crippen LogP contribution in [0.5, 0.6) is 0 Å². The van der Waals surface area contributed by atoms with E-state index in [0.717, 1.165) is 11.0 Å². The molecule has 1 aliphatic carbocycles. The van der Waals surface area contributed by atoms with Gasteiger partial charge in [-0.1, -0.05) is 38.0 Å². The van der Waals surface area contributed by atoms with Gasteiger partial charge in [-0.05, 0) is 25.2 Å². The molecule has 1 aromatic heterocycles. The van der Waals surface area contributed by atoms with Crippen molar-refractivity contribution in [3.63, 3.8) is 0 Å². The first-order chi connectivity index (χ1) is 9.02. The lowest BCUT2D eigenvalue weighted by Crippen LogP contribution is -2.35. The Morgan fingerprint density at radius 2 is 2.26 bits per heavy atom. The summed E-state index contributed by atoms with van der Waals surface area (Å²) in [6.07, 6.45) is 5.61. The van der Waals surface area contributed by atoms with E-state index in [2.05, 4.69) is 16.8 Å². The molecule has 0 saturated heterocycles. The van der Waals surface area contributed by atoms with E-state index in [4.69, 9.17) is 0 Å². The standard InChI is InChI=1S/C14H22N2O2S/c1-4-11-12(13(17)18)19-14(15-11)16(3)10-7-5-6-9(2)8-10/h9-10H,4-8H2,1-3H3,(H,17,18). The Kier molecular flexibility index (Phi) is 4.45. The first-order valence-electron chi connectivity index (χ1n) is 6.98. The van der Waals surface area contributed by atoms with Crippen LogP contribution in [0.3, 0.4) is 0 Å². The maximum Gasteiger partial charge on any atom is 0.347 e. The lowest BCUT2D eigenvalue weighted by molar-refractivity contribution is 0.0701. The number of nitrogens with zero attached hydrogens (tertiary/aromatic N) is 2. The number of hydrogen-bond donors (Lipinski definition) is 1. The first kappa shape index (κ1) is 14.3. The highest BCUT2D eigenvalue weighted by Gasteiger charge is 2.26. The molecule has 19 heavy (non-hydrogen) atoms. The molecule has 1 aliphatic rings. The maximum absolute atomic E-state index is 11.2. The summed E-state index contributed by atoms with van der Waals surface area (Å²) >= 11 is 1.31. The van der Waals surface area contributed by atoms with Crippen molar-refractivity contribution >= 4 is 22.4 Å². The number of rotatable bonds is 4. The molecular weight excluding hydrogens is 260 g/mol. The zero-order chi connectivity index (χ0) is 14.0. The zero-order valence-electron chi connectivity index (χ0n) is 11.8.